The van der Waals surface area contributed by atoms with Crippen LogP contribution in [-0.4, -0.2) is 24.0 Å². The second-order valence-corrected chi connectivity index (χ2v) is 7.51. The lowest BCUT2D eigenvalue weighted by molar-refractivity contribution is -0.143. The number of hydrogen-bond acceptors (Lipinski definition) is 2. The predicted octanol–water partition coefficient (Wildman–Crippen LogP) is 4.15. The quantitative estimate of drug-likeness (QED) is 0.826. The standard InChI is InChI=1S/C22H23NO2/c24-21(22(12-14-25-15-13-22)16-6-2-1-3-7-16)23-19-10-11-20(23)18-9-5-4-8-17(18)19/h1-9,19-20H,10-15H2. The van der Waals surface area contributed by atoms with E-state index in [4.69, 9.17) is 4.74 Å². The molecule has 0 radical (unpaired) electrons. The average molecular weight is 333 g/mol. The van der Waals surface area contributed by atoms with Crippen molar-refractivity contribution >= 4 is 5.91 Å². The summed E-state index contributed by atoms with van der Waals surface area (Å²) < 4.78 is 5.62. The van der Waals surface area contributed by atoms with Crippen molar-refractivity contribution in [2.75, 3.05) is 13.2 Å². The summed E-state index contributed by atoms with van der Waals surface area (Å²) in [5.41, 5.74) is 3.45. The van der Waals surface area contributed by atoms with Crippen molar-refractivity contribution in [3.05, 3.63) is 71.3 Å². The lowest BCUT2D eigenvalue weighted by Crippen LogP contribution is -2.49. The number of benzene rings is 2. The number of amides is 1. The molecule has 0 aliphatic carbocycles. The maximum Gasteiger partial charge on any atom is 0.234 e. The maximum atomic E-state index is 13.9. The first-order valence-electron chi connectivity index (χ1n) is 9.36. The van der Waals surface area contributed by atoms with Crippen molar-refractivity contribution < 1.29 is 9.53 Å². The van der Waals surface area contributed by atoms with Crippen LogP contribution in [0.2, 0.25) is 0 Å². The van der Waals surface area contributed by atoms with Gasteiger partial charge in [-0.25, -0.2) is 0 Å². The molecule has 0 saturated carbocycles. The van der Waals surface area contributed by atoms with Crippen molar-refractivity contribution in [2.45, 2.75) is 43.2 Å². The van der Waals surface area contributed by atoms with E-state index in [2.05, 4.69) is 41.3 Å². The Morgan fingerprint density at radius 3 is 2.04 bits per heavy atom. The van der Waals surface area contributed by atoms with Crippen LogP contribution in [0.3, 0.4) is 0 Å². The highest BCUT2D eigenvalue weighted by molar-refractivity contribution is 5.90. The lowest BCUT2D eigenvalue weighted by Gasteiger charge is -2.40. The number of hydrogen-bond donors (Lipinski definition) is 0. The van der Waals surface area contributed by atoms with E-state index in [0.717, 1.165) is 31.2 Å². The Hall–Kier alpha value is -2.13. The average Bonchev–Trinajstić information content (AvgIpc) is 3.26. The molecule has 2 bridgehead atoms. The van der Waals surface area contributed by atoms with Gasteiger partial charge in [-0.2, -0.15) is 0 Å². The first kappa shape index (κ1) is 15.2. The topological polar surface area (TPSA) is 29.5 Å². The number of nitrogens with zero attached hydrogens (tertiary/aromatic N) is 1. The van der Waals surface area contributed by atoms with Crippen LogP contribution >= 0.6 is 0 Å². The van der Waals surface area contributed by atoms with Crippen molar-refractivity contribution in [3.63, 3.8) is 0 Å². The van der Waals surface area contributed by atoms with Gasteiger partial charge in [-0.3, -0.25) is 4.79 Å². The monoisotopic (exact) mass is 333 g/mol. The van der Waals surface area contributed by atoms with Gasteiger partial charge >= 0.3 is 0 Å². The van der Waals surface area contributed by atoms with Crippen LogP contribution in [0.1, 0.15) is 54.5 Å². The second kappa shape index (κ2) is 5.70. The largest absolute Gasteiger partial charge is 0.381 e. The van der Waals surface area contributed by atoms with Gasteiger partial charge in [0.05, 0.1) is 17.5 Å². The van der Waals surface area contributed by atoms with Crippen LogP contribution in [0.5, 0.6) is 0 Å². The van der Waals surface area contributed by atoms with Crippen LogP contribution in [0, 0.1) is 0 Å². The Labute approximate surface area is 148 Å². The van der Waals surface area contributed by atoms with Gasteiger partial charge in [0.1, 0.15) is 0 Å². The number of carbonyl (C=O) groups is 1. The molecule has 3 nitrogen and oxygen atoms in total. The number of ether oxygens (including phenoxy) is 1. The molecule has 25 heavy (non-hydrogen) atoms. The highest BCUT2D eigenvalue weighted by Crippen LogP contribution is 2.55. The van der Waals surface area contributed by atoms with Crippen molar-refractivity contribution in [1.82, 2.24) is 4.90 Å². The molecule has 0 aromatic heterocycles. The zero-order chi connectivity index (χ0) is 16.9. The fourth-order valence-electron chi connectivity index (χ4n) is 5.17. The Bertz CT molecular complexity index is 764. The number of carbonyl (C=O) groups excluding carboxylic acids is 1. The normalized spacial score (nSPS) is 26.5. The molecule has 3 heteroatoms. The first-order chi connectivity index (χ1) is 12.3. The van der Waals surface area contributed by atoms with Gasteiger partial charge in [0.2, 0.25) is 5.91 Å². The summed E-state index contributed by atoms with van der Waals surface area (Å²) in [7, 11) is 0. The summed E-state index contributed by atoms with van der Waals surface area (Å²) in [6, 6.07) is 19.5. The van der Waals surface area contributed by atoms with Gasteiger partial charge in [-0.1, -0.05) is 54.6 Å². The molecule has 1 amide bonds. The van der Waals surface area contributed by atoms with E-state index >= 15 is 0 Å². The highest BCUT2D eigenvalue weighted by Gasteiger charge is 2.53. The number of rotatable bonds is 2. The number of fused-ring (bicyclic) bond motifs is 5. The summed E-state index contributed by atoms with van der Waals surface area (Å²) in [6.45, 7) is 1.33. The zero-order valence-corrected chi connectivity index (χ0v) is 14.4. The van der Waals surface area contributed by atoms with Crippen molar-refractivity contribution in [2.24, 2.45) is 0 Å². The summed E-state index contributed by atoms with van der Waals surface area (Å²) in [5, 5.41) is 0. The fourth-order valence-corrected chi connectivity index (χ4v) is 5.17. The fraction of sp³-hybridized carbons (Fsp3) is 0.409. The van der Waals surface area contributed by atoms with Crippen LogP contribution in [0.15, 0.2) is 54.6 Å². The van der Waals surface area contributed by atoms with E-state index in [9.17, 15) is 4.79 Å². The molecule has 3 aliphatic heterocycles. The van der Waals surface area contributed by atoms with Gasteiger partial charge in [-0.05, 0) is 42.4 Å². The molecule has 2 aromatic rings. The summed E-state index contributed by atoms with van der Waals surface area (Å²) in [5.74, 6) is 0.311. The van der Waals surface area contributed by atoms with Gasteiger partial charge in [-0.15, -0.1) is 0 Å². The van der Waals surface area contributed by atoms with E-state index in [0.29, 0.717) is 19.1 Å². The Morgan fingerprint density at radius 1 is 0.880 bits per heavy atom. The molecule has 3 aliphatic rings. The highest BCUT2D eigenvalue weighted by atomic mass is 16.5. The second-order valence-electron chi connectivity index (χ2n) is 7.51. The Morgan fingerprint density at radius 2 is 1.44 bits per heavy atom. The SMILES string of the molecule is O=C(N1C2CCC1c1ccccc12)C1(c2ccccc2)CCOCC1. The lowest BCUT2D eigenvalue weighted by atomic mass is 9.73. The molecule has 128 valence electrons. The van der Waals surface area contributed by atoms with Crippen LogP contribution in [0.25, 0.3) is 0 Å². The zero-order valence-electron chi connectivity index (χ0n) is 14.4. The molecular weight excluding hydrogens is 310 g/mol. The molecule has 0 spiro atoms. The third-order valence-electron chi connectivity index (χ3n) is 6.42. The minimum absolute atomic E-state index is 0.261. The molecule has 2 unspecified atom stereocenters. The van der Waals surface area contributed by atoms with E-state index in [1.165, 1.54) is 11.1 Å². The molecule has 2 atom stereocenters. The van der Waals surface area contributed by atoms with Gasteiger partial charge in [0, 0.05) is 13.2 Å². The van der Waals surface area contributed by atoms with Crippen molar-refractivity contribution in [1.29, 1.82) is 0 Å². The van der Waals surface area contributed by atoms with Gasteiger partial charge in [0.25, 0.3) is 0 Å². The third kappa shape index (κ3) is 2.12. The molecule has 2 saturated heterocycles. The Kier molecular flexibility index (Phi) is 3.46. The van der Waals surface area contributed by atoms with Crippen LogP contribution in [0.4, 0.5) is 0 Å². The molecule has 2 aromatic carbocycles. The molecular formula is C22H23NO2. The smallest absolute Gasteiger partial charge is 0.234 e. The van der Waals surface area contributed by atoms with Gasteiger partial charge < -0.3 is 9.64 Å². The van der Waals surface area contributed by atoms with Crippen LogP contribution in [-0.2, 0) is 14.9 Å². The Balaban J connectivity index is 1.57. The van der Waals surface area contributed by atoms with E-state index in [1.54, 1.807) is 0 Å². The molecule has 3 heterocycles. The summed E-state index contributed by atoms with van der Waals surface area (Å²) >= 11 is 0. The van der Waals surface area contributed by atoms with E-state index in [-0.39, 0.29) is 12.1 Å². The molecule has 5 rings (SSSR count). The van der Waals surface area contributed by atoms with Crippen LogP contribution < -0.4 is 0 Å². The third-order valence-corrected chi connectivity index (χ3v) is 6.42. The summed E-state index contributed by atoms with van der Waals surface area (Å²) in [4.78, 5) is 16.1. The molecule has 0 N–H and O–H groups in total. The first-order valence-corrected chi connectivity index (χ1v) is 9.36. The maximum absolute atomic E-state index is 13.9. The van der Waals surface area contributed by atoms with Crippen molar-refractivity contribution in [3.8, 4) is 0 Å². The minimum atomic E-state index is -0.428. The minimum Gasteiger partial charge on any atom is -0.381 e. The predicted molar refractivity (Wildman–Crippen MR) is 96.2 cm³/mol. The van der Waals surface area contributed by atoms with E-state index in [1.807, 2.05) is 18.2 Å². The molecule has 2 fully saturated rings. The van der Waals surface area contributed by atoms with Gasteiger partial charge in [0.15, 0.2) is 0 Å². The summed E-state index contributed by atoms with van der Waals surface area (Å²) in [6.07, 6.45) is 3.74. The van der Waals surface area contributed by atoms with E-state index < -0.39 is 5.41 Å².